The summed E-state index contributed by atoms with van der Waals surface area (Å²) < 4.78 is 10.4. The van der Waals surface area contributed by atoms with Crippen LogP contribution in [0.1, 0.15) is 25.3 Å². The second kappa shape index (κ2) is 7.26. The van der Waals surface area contributed by atoms with Crippen LogP contribution in [0, 0.1) is 5.41 Å². The van der Waals surface area contributed by atoms with Gasteiger partial charge in [-0.15, -0.1) is 0 Å². The highest BCUT2D eigenvalue weighted by Gasteiger charge is 2.45. The van der Waals surface area contributed by atoms with Crippen LogP contribution in [-0.4, -0.2) is 36.4 Å². The van der Waals surface area contributed by atoms with E-state index in [1.165, 1.54) is 0 Å². The lowest BCUT2D eigenvalue weighted by molar-refractivity contribution is -0.157. The van der Waals surface area contributed by atoms with Crippen LogP contribution in [0.15, 0.2) is 30.3 Å². The van der Waals surface area contributed by atoms with Gasteiger partial charge in [0.05, 0.1) is 5.41 Å². The molecular formula is C16H21NO5. The number of carbonyl (C=O) groups is 2. The van der Waals surface area contributed by atoms with Crippen LogP contribution in [0.2, 0.25) is 0 Å². The van der Waals surface area contributed by atoms with Crippen molar-refractivity contribution in [1.29, 1.82) is 0 Å². The van der Waals surface area contributed by atoms with Crippen LogP contribution in [0.3, 0.4) is 0 Å². The van der Waals surface area contributed by atoms with E-state index in [-0.39, 0.29) is 6.61 Å². The molecule has 0 spiro atoms. The summed E-state index contributed by atoms with van der Waals surface area (Å²) in [6.45, 7) is 2.63. The predicted molar refractivity (Wildman–Crippen MR) is 79.3 cm³/mol. The Kier molecular flexibility index (Phi) is 5.38. The third kappa shape index (κ3) is 3.76. The largest absolute Gasteiger partial charge is 0.481 e. The molecule has 2 N–H and O–H groups in total. The van der Waals surface area contributed by atoms with Crippen LogP contribution in [0.25, 0.3) is 0 Å². The Morgan fingerprint density at radius 1 is 1.32 bits per heavy atom. The van der Waals surface area contributed by atoms with E-state index >= 15 is 0 Å². The summed E-state index contributed by atoms with van der Waals surface area (Å²) in [4.78, 5) is 23.5. The lowest BCUT2D eigenvalue weighted by Gasteiger charge is -2.38. The lowest BCUT2D eigenvalue weighted by Crippen LogP contribution is -2.53. The summed E-state index contributed by atoms with van der Waals surface area (Å²) in [5.41, 5.74) is -0.117. The normalized spacial score (nSPS) is 18.2. The standard InChI is InChI=1S/C16H21NO5/c1-12(16(14(18)19)7-9-21-10-8-16)17-15(20)22-11-13-5-3-2-4-6-13/h2-6,12H,7-11H2,1H3,(H,17,20)(H,18,19). The molecule has 0 radical (unpaired) electrons. The number of carboxylic acid groups (broad SMARTS) is 1. The zero-order valence-electron chi connectivity index (χ0n) is 12.6. The molecule has 1 fully saturated rings. The average Bonchev–Trinajstić information content (AvgIpc) is 2.54. The van der Waals surface area contributed by atoms with Crippen molar-refractivity contribution in [3.8, 4) is 0 Å². The molecule has 1 atom stereocenters. The Hall–Kier alpha value is -2.08. The van der Waals surface area contributed by atoms with E-state index in [1.807, 2.05) is 30.3 Å². The molecule has 1 amide bonds. The predicted octanol–water partition coefficient (Wildman–Crippen LogP) is 2.18. The number of amides is 1. The summed E-state index contributed by atoms with van der Waals surface area (Å²) in [7, 11) is 0. The van der Waals surface area contributed by atoms with Gasteiger partial charge < -0.3 is 19.9 Å². The summed E-state index contributed by atoms with van der Waals surface area (Å²) in [6.07, 6.45) is 0.147. The summed E-state index contributed by atoms with van der Waals surface area (Å²) >= 11 is 0. The van der Waals surface area contributed by atoms with Crippen LogP contribution in [-0.2, 0) is 20.9 Å². The molecule has 2 rings (SSSR count). The van der Waals surface area contributed by atoms with Crippen molar-refractivity contribution in [2.24, 2.45) is 5.41 Å². The molecule has 1 aliphatic rings. The number of hydrogen-bond acceptors (Lipinski definition) is 4. The summed E-state index contributed by atoms with van der Waals surface area (Å²) in [5, 5.41) is 12.2. The first-order chi connectivity index (χ1) is 10.5. The maximum Gasteiger partial charge on any atom is 0.407 e. The molecule has 0 bridgehead atoms. The van der Waals surface area contributed by atoms with Crippen molar-refractivity contribution in [3.05, 3.63) is 35.9 Å². The van der Waals surface area contributed by atoms with Gasteiger partial charge in [-0.05, 0) is 25.3 Å². The first-order valence-electron chi connectivity index (χ1n) is 7.33. The number of rotatable bonds is 5. The molecule has 22 heavy (non-hydrogen) atoms. The van der Waals surface area contributed by atoms with Gasteiger partial charge in [0.15, 0.2) is 0 Å². The maximum atomic E-state index is 11.9. The number of nitrogens with one attached hydrogen (secondary N) is 1. The molecule has 1 saturated heterocycles. The SMILES string of the molecule is CC(NC(=O)OCc1ccccc1)C1(C(=O)O)CCOCC1. The van der Waals surface area contributed by atoms with Gasteiger partial charge in [-0.25, -0.2) is 4.79 Å². The van der Waals surface area contributed by atoms with Crippen molar-refractivity contribution in [3.63, 3.8) is 0 Å². The Morgan fingerprint density at radius 3 is 2.55 bits per heavy atom. The second-order valence-electron chi connectivity index (χ2n) is 5.50. The zero-order valence-corrected chi connectivity index (χ0v) is 12.6. The zero-order chi connectivity index (χ0) is 16.0. The average molecular weight is 307 g/mol. The van der Waals surface area contributed by atoms with Crippen LogP contribution >= 0.6 is 0 Å². The first-order valence-corrected chi connectivity index (χ1v) is 7.33. The highest BCUT2D eigenvalue weighted by molar-refractivity contribution is 5.77. The van der Waals surface area contributed by atoms with Crippen molar-refractivity contribution < 1.29 is 24.2 Å². The van der Waals surface area contributed by atoms with E-state index in [0.717, 1.165) is 5.56 Å². The number of ether oxygens (including phenoxy) is 2. The van der Waals surface area contributed by atoms with Gasteiger partial charge in [0.2, 0.25) is 0 Å². The smallest absolute Gasteiger partial charge is 0.407 e. The van der Waals surface area contributed by atoms with Crippen molar-refractivity contribution in [1.82, 2.24) is 5.32 Å². The molecule has 1 heterocycles. The molecule has 0 aliphatic carbocycles. The molecule has 6 heteroatoms. The molecule has 1 aliphatic heterocycles. The van der Waals surface area contributed by atoms with E-state index in [0.29, 0.717) is 26.1 Å². The number of carbonyl (C=O) groups excluding carboxylic acids is 1. The monoisotopic (exact) mass is 307 g/mol. The minimum absolute atomic E-state index is 0.155. The number of hydrogen-bond donors (Lipinski definition) is 2. The molecule has 120 valence electrons. The Balaban J connectivity index is 1.90. The van der Waals surface area contributed by atoms with Gasteiger partial charge >= 0.3 is 12.1 Å². The second-order valence-corrected chi connectivity index (χ2v) is 5.50. The molecule has 6 nitrogen and oxygen atoms in total. The fourth-order valence-corrected chi connectivity index (χ4v) is 2.65. The third-order valence-electron chi connectivity index (χ3n) is 4.19. The maximum absolute atomic E-state index is 11.9. The molecule has 0 aromatic heterocycles. The van der Waals surface area contributed by atoms with E-state index < -0.39 is 23.5 Å². The van der Waals surface area contributed by atoms with Gasteiger partial charge in [0, 0.05) is 19.3 Å². The van der Waals surface area contributed by atoms with Crippen molar-refractivity contribution in [2.75, 3.05) is 13.2 Å². The fourth-order valence-electron chi connectivity index (χ4n) is 2.65. The molecule has 0 saturated carbocycles. The Morgan fingerprint density at radius 2 is 1.95 bits per heavy atom. The van der Waals surface area contributed by atoms with Crippen LogP contribution in [0.4, 0.5) is 4.79 Å². The van der Waals surface area contributed by atoms with E-state index in [1.54, 1.807) is 6.92 Å². The lowest BCUT2D eigenvalue weighted by atomic mass is 9.74. The molecule has 1 aromatic carbocycles. The van der Waals surface area contributed by atoms with Gasteiger partial charge in [-0.3, -0.25) is 4.79 Å². The van der Waals surface area contributed by atoms with Crippen molar-refractivity contribution in [2.45, 2.75) is 32.4 Å². The minimum Gasteiger partial charge on any atom is -0.481 e. The molecule has 1 aromatic rings. The summed E-state index contributed by atoms with van der Waals surface area (Å²) in [5.74, 6) is -0.911. The Labute approximate surface area is 129 Å². The van der Waals surface area contributed by atoms with Gasteiger partial charge in [-0.1, -0.05) is 30.3 Å². The van der Waals surface area contributed by atoms with E-state index in [2.05, 4.69) is 5.32 Å². The fraction of sp³-hybridized carbons (Fsp3) is 0.500. The topological polar surface area (TPSA) is 84.9 Å². The van der Waals surface area contributed by atoms with Crippen LogP contribution < -0.4 is 5.32 Å². The number of benzene rings is 1. The number of alkyl carbamates (subject to hydrolysis) is 1. The Bertz CT molecular complexity index is 511. The van der Waals surface area contributed by atoms with Gasteiger partial charge in [0.25, 0.3) is 0 Å². The van der Waals surface area contributed by atoms with Gasteiger partial charge in [-0.2, -0.15) is 0 Å². The first kappa shape index (κ1) is 16.3. The highest BCUT2D eigenvalue weighted by atomic mass is 16.5. The van der Waals surface area contributed by atoms with E-state index in [4.69, 9.17) is 9.47 Å². The minimum atomic E-state index is -0.996. The van der Waals surface area contributed by atoms with Gasteiger partial charge in [0.1, 0.15) is 6.61 Å². The van der Waals surface area contributed by atoms with E-state index in [9.17, 15) is 14.7 Å². The number of carboxylic acids is 1. The number of aliphatic carboxylic acids is 1. The van der Waals surface area contributed by atoms with Crippen LogP contribution in [0.5, 0.6) is 0 Å². The molecular weight excluding hydrogens is 286 g/mol. The quantitative estimate of drug-likeness (QED) is 0.871. The summed E-state index contributed by atoms with van der Waals surface area (Å²) in [6, 6.07) is 8.79. The molecule has 1 unspecified atom stereocenters. The highest BCUT2D eigenvalue weighted by Crippen LogP contribution is 2.34. The third-order valence-corrected chi connectivity index (χ3v) is 4.19. The van der Waals surface area contributed by atoms with Crippen molar-refractivity contribution >= 4 is 12.1 Å².